The Kier molecular flexibility index (Phi) is 7.61. The first-order chi connectivity index (χ1) is 15.6. The molecule has 0 bridgehead atoms. The minimum atomic E-state index is -0.440. The van der Waals surface area contributed by atoms with Crippen molar-refractivity contribution >= 4 is 17.8 Å². The van der Waals surface area contributed by atoms with Gasteiger partial charge in [-0.2, -0.15) is 0 Å². The molecule has 0 aromatic carbocycles. The number of H-pyrrole nitrogens is 1. The first-order valence-electron chi connectivity index (χ1n) is 11.5. The van der Waals surface area contributed by atoms with Crippen LogP contribution in [0.15, 0.2) is 4.52 Å². The highest BCUT2D eigenvalue weighted by Crippen LogP contribution is 2.24. The van der Waals surface area contributed by atoms with Gasteiger partial charge in [0.1, 0.15) is 11.5 Å². The predicted molar refractivity (Wildman–Crippen MR) is 122 cm³/mol. The third-order valence-corrected chi connectivity index (χ3v) is 6.13. The van der Waals surface area contributed by atoms with Gasteiger partial charge in [-0.3, -0.25) is 9.59 Å². The zero-order valence-corrected chi connectivity index (χ0v) is 20.3. The summed E-state index contributed by atoms with van der Waals surface area (Å²) in [6, 6.07) is 0. The van der Waals surface area contributed by atoms with Gasteiger partial charge in [-0.05, 0) is 66.4 Å². The standard InChI is InChI=1S/C24H34N4O5/c1-13(2)32-24(31)20-14(3)21(26-16(20)5)23(30)28-11-7-8-18(12-28)22(29)25-10-9-19-15(4)27-33-17(19)6/h13,18,26H,7-12H2,1-6H3,(H,25,29). The van der Waals surface area contributed by atoms with Crippen LogP contribution in [0.3, 0.4) is 0 Å². The SMILES string of the molecule is Cc1noc(C)c1CCNC(=O)C1CCCN(C(=O)c2[nH]c(C)c(C(=O)OC(C)C)c2C)C1. The molecule has 0 aliphatic carbocycles. The van der Waals surface area contributed by atoms with Gasteiger partial charge in [-0.15, -0.1) is 0 Å². The number of carbonyl (C=O) groups is 3. The Morgan fingerprint density at radius 1 is 1.24 bits per heavy atom. The maximum absolute atomic E-state index is 13.2. The number of aryl methyl sites for hydroxylation is 3. The molecular weight excluding hydrogens is 424 g/mol. The fourth-order valence-corrected chi connectivity index (χ4v) is 4.39. The number of rotatable bonds is 7. The van der Waals surface area contributed by atoms with E-state index >= 15 is 0 Å². The Morgan fingerprint density at radius 3 is 2.61 bits per heavy atom. The Bertz CT molecular complexity index is 1020. The number of nitrogens with zero attached hydrogens (tertiary/aromatic N) is 2. The molecule has 1 fully saturated rings. The highest BCUT2D eigenvalue weighted by atomic mass is 16.5. The number of hydrogen-bond acceptors (Lipinski definition) is 6. The van der Waals surface area contributed by atoms with E-state index in [9.17, 15) is 14.4 Å². The van der Waals surface area contributed by atoms with Crippen molar-refractivity contribution in [1.29, 1.82) is 0 Å². The number of ether oxygens (including phenoxy) is 1. The van der Waals surface area contributed by atoms with Crippen molar-refractivity contribution < 1.29 is 23.6 Å². The summed E-state index contributed by atoms with van der Waals surface area (Å²) in [5.74, 6) is -0.199. The monoisotopic (exact) mass is 458 g/mol. The summed E-state index contributed by atoms with van der Waals surface area (Å²) in [6.07, 6.45) is 1.88. The first-order valence-corrected chi connectivity index (χ1v) is 11.5. The molecule has 1 aliphatic heterocycles. The van der Waals surface area contributed by atoms with E-state index in [2.05, 4.69) is 15.5 Å². The van der Waals surface area contributed by atoms with Crippen molar-refractivity contribution in [3.63, 3.8) is 0 Å². The summed E-state index contributed by atoms with van der Waals surface area (Å²) in [5.41, 5.74) is 3.81. The van der Waals surface area contributed by atoms with Gasteiger partial charge in [0.25, 0.3) is 5.91 Å². The van der Waals surface area contributed by atoms with E-state index in [1.54, 1.807) is 32.6 Å². The minimum absolute atomic E-state index is 0.0557. The van der Waals surface area contributed by atoms with E-state index < -0.39 is 5.97 Å². The number of amides is 2. The van der Waals surface area contributed by atoms with Crippen LogP contribution in [0.4, 0.5) is 0 Å². The number of hydrogen-bond donors (Lipinski definition) is 2. The lowest BCUT2D eigenvalue weighted by Crippen LogP contribution is -2.46. The molecule has 3 rings (SSSR count). The molecule has 2 N–H and O–H groups in total. The number of esters is 1. The predicted octanol–water partition coefficient (Wildman–Crippen LogP) is 3.01. The van der Waals surface area contributed by atoms with Crippen molar-refractivity contribution in [1.82, 2.24) is 20.4 Å². The molecule has 9 heteroatoms. The first kappa shape index (κ1) is 24.5. The van der Waals surface area contributed by atoms with Crippen LogP contribution in [0, 0.1) is 33.6 Å². The largest absolute Gasteiger partial charge is 0.459 e. The number of aromatic amines is 1. The molecule has 180 valence electrons. The molecule has 1 unspecified atom stereocenters. The maximum atomic E-state index is 13.2. The second-order valence-corrected chi connectivity index (χ2v) is 9.01. The lowest BCUT2D eigenvalue weighted by atomic mass is 9.96. The van der Waals surface area contributed by atoms with Crippen molar-refractivity contribution in [3.05, 3.63) is 39.5 Å². The molecule has 9 nitrogen and oxygen atoms in total. The molecule has 0 radical (unpaired) electrons. The van der Waals surface area contributed by atoms with Gasteiger partial charge in [-0.1, -0.05) is 5.16 Å². The second kappa shape index (κ2) is 10.2. The van der Waals surface area contributed by atoms with E-state index in [1.165, 1.54) is 0 Å². The second-order valence-electron chi connectivity index (χ2n) is 9.01. The van der Waals surface area contributed by atoms with Gasteiger partial charge in [-0.25, -0.2) is 4.79 Å². The third-order valence-electron chi connectivity index (χ3n) is 6.13. The Hall–Kier alpha value is -3.10. The maximum Gasteiger partial charge on any atom is 0.340 e. The number of carbonyl (C=O) groups excluding carboxylic acids is 3. The molecule has 1 atom stereocenters. The van der Waals surface area contributed by atoms with E-state index in [0.29, 0.717) is 48.6 Å². The Balaban J connectivity index is 1.62. The summed E-state index contributed by atoms with van der Waals surface area (Å²) >= 11 is 0. The van der Waals surface area contributed by atoms with Crippen LogP contribution in [-0.2, 0) is 16.0 Å². The lowest BCUT2D eigenvalue weighted by Gasteiger charge is -2.32. The van der Waals surface area contributed by atoms with Crippen LogP contribution in [0.2, 0.25) is 0 Å². The summed E-state index contributed by atoms with van der Waals surface area (Å²) < 4.78 is 10.5. The van der Waals surface area contributed by atoms with Gasteiger partial charge in [0.15, 0.2) is 0 Å². The minimum Gasteiger partial charge on any atom is -0.459 e. The summed E-state index contributed by atoms with van der Waals surface area (Å²) in [4.78, 5) is 43.2. The molecule has 2 aromatic heterocycles. The van der Waals surface area contributed by atoms with Gasteiger partial charge in [0, 0.05) is 30.9 Å². The Labute approximate surface area is 194 Å². The molecule has 1 aliphatic rings. The molecular formula is C24H34N4O5. The smallest absolute Gasteiger partial charge is 0.340 e. The molecule has 1 saturated heterocycles. The topological polar surface area (TPSA) is 118 Å². The van der Waals surface area contributed by atoms with Gasteiger partial charge in [0.2, 0.25) is 5.91 Å². The van der Waals surface area contributed by atoms with E-state index in [4.69, 9.17) is 9.26 Å². The van der Waals surface area contributed by atoms with E-state index in [0.717, 1.165) is 29.9 Å². The average Bonchev–Trinajstić information content (AvgIpc) is 3.24. The van der Waals surface area contributed by atoms with Crippen LogP contribution in [-0.4, -0.2) is 58.6 Å². The van der Waals surface area contributed by atoms with Crippen LogP contribution < -0.4 is 5.32 Å². The van der Waals surface area contributed by atoms with Crippen LogP contribution in [0.1, 0.15) is 75.8 Å². The lowest BCUT2D eigenvalue weighted by molar-refractivity contribution is -0.126. The van der Waals surface area contributed by atoms with Crippen LogP contribution >= 0.6 is 0 Å². The van der Waals surface area contributed by atoms with Crippen molar-refractivity contribution in [2.24, 2.45) is 5.92 Å². The fourth-order valence-electron chi connectivity index (χ4n) is 4.39. The van der Waals surface area contributed by atoms with Gasteiger partial charge < -0.3 is 24.5 Å². The quantitative estimate of drug-likeness (QED) is 0.616. The van der Waals surface area contributed by atoms with Gasteiger partial charge in [0.05, 0.1) is 23.3 Å². The number of aromatic nitrogens is 2. The van der Waals surface area contributed by atoms with Crippen molar-refractivity contribution in [2.45, 2.75) is 66.9 Å². The van der Waals surface area contributed by atoms with Crippen molar-refractivity contribution in [2.75, 3.05) is 19.6 Å². The number of piperidine rings is 1. The summed E-state index contributed by atoms with van der Waals surface area (Å²) in [6.45, 7) is 12.2. The molecule has 33 heavy (non-hydrogen) atoms. The molecule has 2 aromatic rings. The molecule has 0 spiro atoms. The fraction of sp³-hybridized carbons (Fsp3) is 0.583. The highest BCUT2D eigenvalue weighted by Gasteiger charge is 2.32. The van der Waals surface area contributed by atoms with Crippen molar-refractivity contribution in [3.8, 4) is 0 Å². The Morgan fingerprint density at radius 2 is 1.97 bits per heavy atom. The summed E-state index contributed by atoms with van der Waals surface area (Å²) in [5, 5.41) is 6.92. The third kappa shape index (κ3) is 5.46. The zero-order valence-electron chi connectivity index (χ0n) is 20.3. The van der Waals surface area contributed by atoms with Gasteiger partial charge >= 0.3 is 5.97 Å². The normalized spacial score (nSPS) is 16.2. The highest BCUT2D eigenvalue weighted by molar-refractivity contribution is 6.00. The van der Waals surface area contributed by atoms with E-state index in [-0.39, 0.29) is 23.8 Å². The van der Waals surface area contributed by atoms with Crippen LogP contribution in [0.5, 0.6) is 0 Å². The van der Waals surface area contributed by atoms with Crippen LogP contribution in [0.25, 0.3) is 0 Å². The number of likely N-dealkylation sites (tertiary alicyclic amines) is 1. The number of nitrogens with one attached hydrogen (secondary N) is 2. The molecule has 0 saturated carbocycles. The molecule has 2 amide bonds. The van der Waals surface area contributed by atoms with E-state index in [1.807, 2.05) is 13.8 Å². The summed E-state index contributed by atoms with van der Waals surface area (Å²) in [7, 11) is 0. The zero-order chi connectivity index (χ0) is 24.3. The molecule has 3 heterocycles. The average molecular weight is 459 g/mol.